The fourth-order valence-corrected chi connectivity index (χ4v) is 3.97. The molecule has 1 fully saturated rings. The van der Waals surface area contributed by atoms with E-state index in [-0.39, 0.29) is 23.5 Å². The van der Waals surface area contributed by atoms with Crippen LogP contribution >= 0.6 is 0 Å². The SMILES string of the molecule is CCCNc1ccnc(C(=O)NC2CCCS(=O)(=O)C2)c1. The molecular formula is C14H21N3O3S. The molecule has 1 saturated heterocycles. The predicted molar refractivity (Wildman–Crippen MR) is 82.2 cm³/mol. The van der Waals surface area contributed by atoms with Gasteiger partial charge in [0.15, 0.2) is 9.84 Å². The van der Waals surface area contributed by atoms with E-state index in [9.17, 15) is 13.2 Å². The first-order valence-electron chi connectivity index (χ1n) is 7.21. The van der Waals surface area contributed by atoms with Crippen LogP contribution in [0.2, 0.25) is 0 Å². The molecule has 1 aromatic heterocycles. The van der Waals surface area contributed by atoms with E-state index in [4.69, 9.17) is 0 Å². The molecule has 1 aliphatic rings. The summed E-state index contributed by atoms with van der Waals surface area (Å²) in [5.41, 5.74) is 1.15. The zero-order chi connectivity index (χ0) is 15.3. The minimum atomic E-state index is -3.03. The predicted octanol–water partition coefficient (Wildman–Crippen LogP) is 1.21. The molecule has 0 aliphatic carbocycles. The van der Waals surface area contributed by atoms with Crippen LogP contribution in [0, 0.1) is 0 Å². The Bertz CT molecular complexity index is 601. The Balaban J connectivity index is 1.99. The summed E-state index contributed by atoms with van der Waals surface area (Å²) >= 11 is 0. The second-order valence-corrected chi connectivity index (χ2v) is 7.51. The third kappa shape index (κ3) is 4.70. The lowest BCUT2D eigenvalue weighted by atomic mass is 10.2. The second kappa shape index (κ2) is 6.89. The summed E-state index contributed by atoms with van der Waals surface area (Å²) in [6.45, 7) is 2.89. The number of hydrogen-bond acceptors (Lipinski definition) is 5. The Hall–Kier alpha value is -1.63. The highest BCUT2D eigenvalue weighted by Crippen LogP contribution is 2.13. The number of sulfone groups is 1. The maximum absolute atomic E-state index is 12.2. The number of nitrogens with zero attached hydrogens (tertiary/aromatic N) is 1. The van der Waals surface area contributed by atoms with Crippen molar-refractivity contribution >= 4 is 21.4 Å². The summed E-state index contributed by atoms with van der Waals surface area (Å²) in [4.78, 5) is 16.2. The minimum absolute atomic E-state index is 0.0204. The molecule has 7 heteroatoms. The first-order chi connectivity index (χ1) is 10.00. The van der Waals surface area contributed by atoms with Crippen molar-refractivity contribution in [3.8, 4) is 0 Å². The summed E-state index contributed by atoms with van der Waals surface area (Å²) in [6, 6.07) is 3.17. The van der Waals surface area contributed by atoms with E-state index in [1.807, 2.05) is 0 Å². The molecule has 1 unspecified atom stereocenters. The van der Waals surface area contributed by atoms with Crippen molar-refractivity contribution in [1.82, 2.24) is 10.3 Å². The number of hydrogen-bond donors (Lipinski definition) is 2. The highest BCUT2D eigenvalue weighted by Gasteiger charge is 2.26. The monoisotopic (exact) mass is 311 g/mol. The van der Waals surface area contributed by atoms with Crippen molar-refractivity contribution in [3.63, 3.8) is 0 Å². The normalized spacial score (nSPS) is 20.7. The summed E-state index contributed by atoms with van der Waals surface area (Å²) in [7, 11) is -3.03. The van der Waals surface area contributed by atoms with E-state index < -0.39 is 9.84 Å². The van der Waals surface area contributed by atoms with Gasteiger partial charge in [-0.15, -0.1) is 0 Å². The average molecular weight is 311 g/mol. The smallest absolute Gasteiger partial charge is 0.270 e. The van der Waals surface area contributed by atoms with Crippen molar-refractivity contribution in [2.24, 2.45) is 0 Å². The van der Waals surface area contributed by atoms with Gasteiger partial charge in [0.1, 0.15) is 5.69 Å². The lowest BCUT2D eigenvalue weighted by Crippen LogP contribution is -2.43. The fraction of sp³-hybridized carbons (Fsp3) is 0.571. The largest absolute Gasteiger partial charge is 0.385 e. The Kier molecular flexibility index (Phi) is 5.17. The van der Waals surface area contributed by atoms with Crippen LogP contribution in [0.4, 0.5) is 5.69 Å². The Morgan fingerprint density at radius 1 is 1.48 bits per heavy atom. The highest BCUT2D eigenvalue weighted by atomic mass is 32.2. The number of carbonyl (C=O) groups is 1. The number of anilines is 1. The molecule has 2 rings (SSSR count). The zero-order valence-electron chi connectivity index (χ0n) is 12.1. The van der Waals surface area contributed by atoms with E-state index in [1.165, 1.54) is 0 Å². The number of rotatable bonds is 5. The first kappa shape index (κ1) is 15.8. The van der Waals surface area contributed by atoms with Gasteiger partial charge in [0.2, 0.25) is 0 Å². The van der Waals surface area contributed by atoms with Gasteiger partial charge in [0.25, 0.3) is 5.91 Å². The van der Waals surface area contributed by atoms with Gasteiger partial charge in [-0.3, -0.25) is 9.78 Å². The molecule has 1 aliphatic heterocycles. The number of nitrogens with one attached hydrogen (secondary N) is 2. The van der Waals surface area contributed by atoms with Crippen LogP contribution in [0.15, 0.2) is 18.3 Å². The van der Waals surface area contributed by atoms with Crippen molar-refractivity contribution < 1.29 is 13.2 Å². The summed E-state index contributed by atoms with van der Waals surface area (Å²) in [5.74, 6) is -0.0853. The van der Waals surface area contributed by atoms with Crippen molar-refractivity contribution in [3.05, 3.63) is 24.0 Å². The summed E-state index contributed by atoms with van der Waals surface area (Å²) < 4.78 is 23.1. The third-order valence-electron chi connectivity index (χ3n) is 3.37. The molecule has 0 radical (unpaired) electrons. The molecular weight excluding hydrogens is 290 g/mol. The van der Waals surface area contributed by atoms with Gasteiger partial charge in [-0.2, -0.15) is 0 Å². The van der Waals surface area contributed by atoms with Gasteiger partial charge < -0.3 is 10.6 Å². The van der Waals surface area contributed by atoms with E-state index in [2.05, 4.69) is 22.5 Å². The molecule has 1 atom stereocenters. The summed E-state index contributed by atoms with van der Waals surface area (Å²) in [5, 5.41) is 5.96. The zero-order valence-corrected chi connectivity index (χ0v) is 12.9. The summed E-state index contributed by atoms with van der Waals surface area (Å²) in [6.07, 6.45) is 3.85. The van der Waals surface area contributed by atoms with Gasteiger partial charge in [-0.05, 0) is 31.4 Å². The van der Waals surface area contributed by atoms with Gasteiger partial charge >= 0.3 is 0 Å². The molecule has 2 heterocycles. The number of aromatic nitrogens is 1. The van der Waals surface area contributed by atoms with E-state index >= 15 is 0 Å². The molecule has 0 saturated carbocycles. The second-order valence-electron chi connectivity index (χ2n) is 5.28. The van der Waals surface area contributed by atoms with Crippen LogP contribution in [0.1, 0.15) is 36.7 Å². The van der Waals surface area contributed by atoms with Gasteiger partial charge in [-0.1, -0.05) is 6.92 Å². The quantitative estimate of drug-likeness (QED) is 0.853. The maximum Gasteiger partial charge on any atom is 0.270 e. The molecule has 1 aromatic rings. The topological polar surface area (TPSA) is 88.2 Å². The van der Waals surface area contributed by atoms with Crippen molar-refractivity contribution in [2.75, 3.05) is 23.4 Å². The molecule has 1 amide bonds. The van der Waals surface area contributed by atoms with Gasteiger partial charge in [0.05, 0.1) is 11.5 Å². The molecule has 0 spiro atoms. The Labute approximate surface area is 125 Å². The van der Waals surface area contributed by atoms with Crippen LogP contribution in [0.3, 0.4) is 0 Å². The van der Waals surface area contributed by atoms with E-state index in [0.29, 0.717) is 18.5 Å². The van der Waals surface area contributed by atoms with Crippen molar-refractivity contribution in [2.45, 2.75) is 32.2 Å². The number of pyridine rings is 1. The van der Waals surface area contributed by atoms with Crippen molar-refractivity contribution in [1.29, 1.82) is 0 Å². The van der Waals surface area contributed by atoms with Crippen LogP contribution in [0.5, 0.6) is 0 Å². The van der Waals surface area contributed by atoms with Gasteiger partial charge in [0, 0.05) is 24.5 Å². The van der Waals surface area contributed by atoms with E-state index in [1.54, 1.807) is 18.3 Å². The fourth-order valence-electron chi connectivity index (χ4n) is 2.33. The first-order valence-corrected chi connectivity index (χ1v) is 9.03. The average Bonchev–Trinajstić information content (AvgIpc) is 2.44. The maximum atomic E-state index is 12.2. The highest BCUT2D eigenvalue weighted by molar-refractivity contribution is 7.91. The minimum Gasteiger partial charge on any atom is -0.385 e. The molecule has 2 N–H and O–H groups in total. The molecule has 6 nitrogen and oxygen atoms in total. The Morgan fingerprint density at radius 2 is 2.29 bits per heavy atom. The number of amides is 1. The van der Waals surface area contributed by atoms with Crippen LogP contribution in [-0.4, -0.2) is 43.4 Å². The lowest BCUT2D eigenvalue weighted by Gasteiger charge is -2.22. The number of carbonyl (C=O) groups excluding carboxylic acids is 1. The van der Waals surface area contributed by atoms with Crippen LogP contribution < -0.4 is 10.6 Å². The van der Waals surface area contributed by atoms with Gasteiger partial charge in [-0.25, -0.2) is 8.42 Å². The molecule has 21 heavy (non-hydrogen) atoms. The Morgan fingerprint density at radius 3 is 3.00 bits per heavy atom. The lowest BCUT2D eigenvalue weighted by molar-refractivity contribution is 0.0933. The molecule has 0 bridgehead atoms. The molecule has 116 valence electrons. The molecule has 0 aromatic carbocycles. The third-order valence-corrected chi connectivity index (χ3v) is 5.19. The standard InChI is InChI=1S/C14H21N3O3S/c1-2-6-15-11-5-7-16-13(9-11)14(18)17-12-4-3-8-21(19,20)10-12/h5,7,9,12H,2-4,6,8,10H2,1H3,(H,15,16)(H,17,18). The van der Waals surface area contributed by atoms with E-state index in [0.717, 1.165) is 18.7 Å². The van der Waals surface area contributed by atoms with Crippen LogP contribution in [0.25, 0.3) is 0 Å². The van der Waals surface area contributed by atoms with Crippen LogP contribution in [-0.2, 0) is 9.84 Å².